The number of ether oxygens (including phenoxy) is 1. The van der Waals surface area contributed by atoms with Crippen molar-refractivity contribution in [3.05, 3.63) is 76.8 Å². The Morgan fingerprint density at radius 1 is 1.07 bits per heavy atom. The van der Waals surface area contributed by atoms with Gasteiger partial charge in [-0.05, 0) is 61.5 Å². The van der Waals surface area contributed by atoms with Gasteiger partial charge >= 0.3 is 0 Å². The zero-order chi connectivity index (χ0) is 20.4. The van der Waals surface area contributed by atoms with E-state index in [2.05, 4.69) is 10.3 Å². The molecule has 0 fully saturated rings. The fraction of sp³-hybridized carbons (Fsp3) is 0.0909. The highest BCUT2D eigenvalue weighted by atomic mass is 35.5. The van der Waals surface area contributed by atoms with E-state index in [4.69, 9.17) is 32.4 Å². The molecule has 5 nitrogen and oxygen atoms in total. The first kappa shape index (κ1) is 19.3. The molecule has 0 spiro atoms. The van der Waals surface area contributed by atoms with Gasteiger partial charge in [0.1, 0.15) is 11.3 Å². The molecule has 146 valence electrons. The van der Waals surface area contributed by atoms with Gasteiger partial charge in [0.2, 0.25) is 5.89 Å². The minimum atomic E-state index is -0.745. The number of carbonyl (C=O) groups excluding carboxylic acids is 1. The number of fused-ring (bicyclic) bond motifs is 1. The van der Waals surface area contributed by atoms with Crippen LogP contribution in [0.1, 0.15) is 6.92 Å². The lowest BCUT2D eigenvalue weighted by molar-refractivity contribution is -0.122. The largest absolute Gasteiger partial charge is 0.479 e. The van der Waals surface area contributed by atoms with E-state index >= 15 is 0 Å². The maximum Gasteiger partial charge on any atom is 0.265 e. The molecule has 0 bridgehead atoms. The molecular formula is C22H16Cl2N2O3. The third-order valence-corrected chi connectivity index (χ3v) is 4.79. The van der Waals surface area contributed by atoms with Crippen LogP contribution in [-0.2, 0) is 4.79 Å². The van der Waals surface area contributed by atoms with Crippen LogP contribution in [0.15, 0.2) is 71.1 Å². The Morgan fingerprint density at radius 2 is 1.83 bits per heavy atom. The molecule has 29 heavy (non-hydrogen) atoms. The summed E-state index contributed by atoms with van der Waals surface area (Å²) < 4.78 is 11.4. The zero-order valence-corrected chi connectivity index (χ0v) is 16.9. The second kappa shape index (κ2) is 8.15. The number of carbonyl (C=O) groups is 1. The fourth-order valence-electron chi connectivity index (χ4n) is 2.75. The molecule has 4 rings (SSSR count). The Hall–Kier alpha value is -3.02. The molecule has 0 aliphatic heterocycles. The summed E-state index contributed by atoms with van der Waals surface area (Å²) >= 11 is 12.0. The Kier molecular flexibility index (Phi) is 5.43. The lowest BCUT2D eigenvalue weighted by Crippen LogP contribution is -2.30. The minimum absolute atomic E-state index is 0.300. The van der Waals surface area contributed by atoms with Gasteiger partial charge < -0.3 is 14.5 Å². The second-order valence-corrected chi connectivity index (χ2v) is 7.23. The van der Waals surface area contributed by atoms with Crippen molar-refractivity contribution in [2.24, 2.45) is 0 Å². The molecular weight excluding hydrogens is 411 g/mol. The van der Waals surface area contributed by atoms with E-state index in [-0.39, 0.29) is 5.91 Å². The smallest absolute Gasteiger partial charge is 0.265 e. The molecule has 7 heteroatoms. The van der Waals surface area contributed by atoms with Gasteiger partial charge in [0.15, 0.2) is 11.7 Å². The van der Waals surface area contributed by atoms with Gasteiger partial charge in [0, 0.05) is 16.3 Å². The number of hydrogen-bond acceptors (Lipinski definition) is 4. The molecule has 1 N–H and O–H groups in total. The third kappa shape index (κ3) is 4.36. The van der Waals surface area contributed by atoms with Crippen LogP contribution >= 0.6 is 23.2 Å². The number of nitrogens with zero attached hydrogens (tertiary/aromatic N) is 1. The molecule has 0 saturated heterocycles. The molecule has 1 atom stereocenters. The summed E-state index contributed by atoms with van der Waals surface area (Å²) in [5.41, 5.74) is 2.97. The lowest BCUT2D eigenvalue weighted by Gasteiger charge is -2.16. The lowest BCUT2D eigenvalue weighted by atomic mass is 10.2. The topological polar surface area (TPSA) is 64.4 Å². The van der Waals surface area contributed by atoms with E-state index in [0.717, 1.165) is 16.7 Å². The van der Waals surface area contributed by atoms with Gasteiger partial charge in [0.25, 0.3) is 5.91 Å². The summed E-state index contributed by atoms with van der Waals surface area (Å²) in [6.07, 6.45) is -0.745. The van der Waals surface area contributed by atoms with Crippen molar-refractivity contribution in [2.75, 3.05) is 5.32 Å². The SMILES string of the molecule is CC(Oc1ccc(Cl)cc1Cl)C(=O)Nc1ccc(-c2nc3ccccc3o2)cc1. The Morgan fingerprint density at radius 3 is 2.55 bits per heavy atom. The van der Waals surface area contributed by atoms with Crippen molar-refractivity contribution < 1.29 is 13.9 Å². The molecule has 0 aliphatic rings. The molecule has 1 heterocycles. The highest BCUT2D eigenvalue weighted by Crippen LogP contribution is 2.29. The zero-order valence-electron chi connectivity index (χ0n) is 15.4. The molecule has 1 aromatic heterocycles. The maximum atomic E-state index is 12.4. The maximum absolute atomic E-state index is 12.4. The number of anilines is 1. The highest BCUT2D eigenvalue weighted by Gasteiger charge is 2.17. The third-order valence-electron chi connectivity index (χ3n) is 4.26. The van der Waals surface area contributed by atoms with Gasteiger partial charge in [0.05, 0.1) is 5.02 Å². The van der Waals surface area contributed by atoms with Crippen LogP contribution in [0.5, 0.6) is 5.75 Å². The van der Waals surface area contributed by atoms with Crippen LogP contribution < -0.4 is 10.1 Å². The van der Waals surface area contributed by atoms with E-state index in [9.17, 15) is 4.79 Å². The Bertz CT molecular complexity index is 1140. The number of halogens is 2. The van der Waals surface area contributed by atoms with E-state index in [0.29, 0.717) is 27.4 Å². The van der Waals surface area contributed by atoms with Crippen LogP contribution in [0.4, 0.5) is 5.69 Å². The van der Waals surface area contributed by atoms with Crippen molar-refractivity contribution in [2.45, 2.75) is 13.0 Å². The first-order valence-corrected chi connectivity index (χ1v) is 9.64. The number of para-hydroxylation sites is 2. The van der Waals surface area contributed by atoms with Gasteiger partial charge in [-0.3, -0.25) is 4.79 Å². The average Bonchev–Trinajstić information content (AvgIpc) is 3.15. The van der Waals surface area contributed by atoms with Crippen molar-refractivity contribution in [1.82, 2.24) is 4.98 Å². The van der Waals surface area contributed by atoms with E-state index in [1.165, 1.54) is 0 Å². The van der Waals surface area contributed by atoms with Gasteiger partial charge in [-0.25, -0.2) is 4.98 Å². The summed E-state index contributed by atoms with van der Waals surface area (Å²) in [6.45, 7) is 1.65. The van der Waals surface area contributed by atoms with Crippen molar-refractivity contribution in [3.63, 3.8) is 0 Å². The first-order valence-electron chi connectivity index (χ1n) is 8.88. The molecule has 0 radical (unpaired) electrons. The average molecular weight is 427 g/mol. The van der Waals surface area contributed by atoms with E-state index in [1.807, 2.05) is 36.4 Å². The number of amides is 1. The van der Waals surface area contributed by atoms with Crippen molar-refractivity contribution in [1.29, 1.82) is 0 Å². The van der Waals surface area contributed by atoms with E-state index in [1.54, 1.807) is 37.3 Å². The van der Waals surface area contributed by atoms with Crippen LogP contribution in [0, 0.1) is 0 Å². The summed E-state index contributed by atoms with van der Waals surface area (Å²) in [6, 6.07) is 19.7. The van der Waals surface area contributed by atoms with Crippen LogP contribution in [0.3, 0.4) is 0 Å². The minimum Gasteiger partial charge on any atom is -0.479 e. The number of rotatable bonds is 5. The number of nitrogens with one attached hydrogen (secondary N) is 1. The molecule has 1 amide bonds. The fourth-order valence-corrected chi connectivity index (χ4v) is 3.20. The standard InChI is InChI=1S/C22H16Cl2N2O3/c1-13(28-19-11-8-15(23)12-17(19)24)21(27)25-16-9-6-14(7-10-16)22-26-18-4-2-3-5-20(18)29-22/h2-13H,1H3,(H,25,27). The van der Waals surface area contributed by atoms with Gasteiger partial charge in [-0.1, -0.05) is 35.3 Å². The second-order valence-electron chi connectivity index (χ2n) is 6.39. The monoisotopic (exact) mass is 426 g/mol. The molecule has 4 aromatic rings. The molecule has 0 saturated carbocycles. The van der Waals surface area contributed by atoms with Gasteiger partial charge in [-0.15, -0.1) is 0 Å². The summed E-state index contributed by atoms with van der Waals surface area (Å²) in [7, 11) is 0. The summed E-state index contributed by atoms with van der Waals surface area (Å²) in [4.78, 5) is 16.9. The van der Waals surface area contributed by atoms with Crippen LogP contribution in [0.2, 0.25) is 10.0 Å². The Balaban J connectivity index is 1.43. The van der Waals surface area contributed by atoms with Gasteiger partial charge in [-0.2, -0.15) is 0 Å². The predicted octanol–water partition coefficient (Wildman–Crippen LogP) is 6.21. The van der Waals surface area contributed by atoms with E-state index < -0.39 is 6.10 Å². The molecule has 3 aromatic carbocycles. The van der Waals surface area contributed by atoms with Crippen LogP contribution in [0.25, 0.3) is 22.6 Å². The van der Waals surface area contributed by atoms with Crippen LogP contribution in [-0.4, -0.2) is 17.0 Å². The quantitative estimate of drug-likeness (QED) is 0.412. The summed E-state index contributed by atoms with van der Waals surface area (Å²) in [5.74, 6) is 0.619. The summed E-state index contributed by atoms with van der Waals surface area (Å²) in [5, 5.41) is 3.66. The van der Waals surface area contributed by atoms with Crippen molar-refractivity contribution in [3.8, 4) is 17.2 Å². The predicted molar refractivity (Wildman–Crippen MR) is 115 cm³/mol. The number of hydrogen-bond donors (Lipinski definition) is 1. The number of oxazole rings is 1. The highest BCUT2D eigenvalue weighted by molar-refractivity contribution is 6.35. The Labute approximate surface area is 177 Å². The number of benzene rings is 3. The normalized spacial score (nSPS) is 12.0. The molecule has 0 aliphatic carbocycles. The number of aromatic nitrogens is 1. The molecule has 1 unspecified atom stereocenters. The van der Waals surface area contributed by atoms with Crippen molar-refractivity contribution >= 4 is 45.9 Å². The first-order chi connectivity index (χ1) is 14.0.